The first-order valence-corrected chi connectivity index (χ1v) is 4.40. The second kappa shape index (κ2) is 4.13. The second-order valence-corrected chi connectivity index (χ2v) is 3.25. The van der Waals surface area contributed by atoms with Gasteiger partial charge in [0, 0.05) is 0 Å². The predicted molar refractivity (Wildman–Crippen MR) is 54.7 cm³/mol. The maximum absolute atomic E-state index is 11.3. The third-order valence-electron chi connectivity index (χ3n) is 2.05. The van der Waals surface area contributed by atoms with Crippen molar-refractivity contribution in [1.29, 1.82) is 0 Å². The lowest BCUT2D eigenvalue weighted by Gasteiger charge is -2.10. The summed E-state index contributed by atoms with van der Waals surface area (Å²) in [5.74, 6) is -1.18. The van der Waals surface area contributed by atoms with E-state index >= 15 is 0 Å². The molecule has 4 heteroatoms. The van der Waals surface area contributed by atoms with E-state index in [1.165, 1.54) is 20.1 Å². The van der Waals surface area contributed by atoms with E-state index in [4.69, 9.17) is 9.84 Å². The van der Waals surface area contributed by atoms with Gasteiger partial charge in [0.1, 0.15) is 11.3 Å². The van der Waals surface area contributed by atoms with E-state index in [1.54, 1.807) is 13.0 Å². The maximum atomic E-state index is 11.3. The summed E-state index contributed by atoms with van der Waals surface area (Å²) >= 11 is 0. The molecule has 0 bridgehead atoms. The largest absolute Gasteiger partial charge is 0.495 e. The molecule has 1 N–H and O–H groups in total. The molecule has 0 fully saturated rings. The first-order chi connectivity index (χ1) is 6.97. The van der Waals surface area contributed by atoms with Crippen LogP contribution in [0.1, 0.15) is 33.2 Å². The number of hydrogen-bond donors (Lipinski definition) is 1. The molecule has 0 atom stereocenters. The summed E-state index contributed by atoms with van der Waals surface area (Å²) in [6, 6.07) is 3.10. The number of aryl methyl sites for hydroxylation is 1. The molecule has 1 rings (SSSR count). The van der Waals surface area contributed by atoms with Crippen LogP contribution in [0, 0.1) is 6.92 Å². The number of carbonyl (C=O) groups excluding carboxylic acids is 1. The van der Waals surface area contributed by atoms with Gasteiger partial charge in [0.15, 0.2) is 5.78 Å². The van der Waals surface area contributed by atoms with Crippen molar-refractivity contribution in [3.8, 4) is 5.75 Å². The quantitative estimate of drug-likeness (QED) is 0.770. The normalized spacial score (nSPS) is 9.80. The molecule has 4 nitrogen and oxygen atoms in total. The molecule has 0 radical (unpaired) electrons. The van der Waals surface area contributed by atoms with Gasteiger partial charge in [0.05, 0.1) is 12.7 Å². The Morgan fingerprint density at radius 3 is 2.20 bits per heavy atom. The summed E-state index contributed by atoms with van der Waals surface area (Å²) in [7, 11) is 1.35. The number of aromatic carboxylic acids is 1. The summed E-state index contributed by atoms with van der Waals surface area (Å²) in [4.78, 5) is 22.2. The fourth-order valence-electron chi connectivity index (χ4n) is 1.41. The van der Waals surface area contributed by atoms with Gasteiger partial charge in [-0.25, -0.2) is 4.79 Å². The van der Waals surface area contributed by atoms with Crippen molar-refractivity contribution < 1.29 is 19.4 Å². The molecule has 0 saturated heterocycles. The van der Waals surface area contributed by atoms with Gasteiger partial charge in [-0.05, 0) is 31.5 Å². The highest BCUT2D eigenvalue weighted by molar-refractivity contribution is 6.02. The van der Waals surface area contributed by atoms with Crippen molar-refractivity contribution in [3.63, 3.8) is 0 Å². The van der Waals surface area contributed by atoms with Crippen molar-refractivity contribution in [1.82, 2.24) is 0 Å². The van der Waals surface area contributed by atoms with Crippen LogP contribution < -0.4 is 4.74 Å². The van der Waals surface area contributed by atoms with E-state index in [1.807, 2.05) is 0 Å². The lowest BCUT2D eigenvalue weighted by molar-refractivity contribution is 0.0693. The topological polar surface area (TPSA) is 63.6 Å². The van der Waals surface area contributed by atoms with Crippen LogP contribution in [0.15, 0.2) is 12.1 Å². The highest BCUT2D eigenvalue weighted by atomic mass is 16.5. The number of carboxylic acid groups (broad SMARTS) is 1. The number of ketones is 1. The highest BCUT2D eigenvalue weighted by Gasteiger charge is 2.18. The van der Waals surface area contributed by atoms with Gasteiger partial charge in [-0.15, -0.1) is 0 Å². The molecule has 0 aromatic heterocycles. The molecule has 1 aromatic rings. The lowest BCUT2D eigenvalue weighted by Crippen LogP contribution is -2.06. The van der Waals surface area contributed by atoms with Gasteiger partial charge in [-0.3, -0.25) is 4.79 Å². The molecule has 0 heterocycles. The fraction of sp³-hybridized carbons (Fsp3) is 0.273. The maximum Gasteiger partial charge on any atom is 0.339 e. The minimum absolute atomic E-state index is 0.0164. The molecule has 80 valence electrons. The smallest absolute Gasteiger partial charge is 0.339 e. The van der Waals surface area contributed by atoms with Crippen molar-refractivity contribution in [2.75, 3.05) is 7.11 Å². The summed E-state index contributed by atoms with van der Waals surface area (Å²) in [5, 5.41) is 8.94. The number of Topliss-reactive ketones (excluding diaryl/α,β-unsaturated/α-hetero) is 1. The third kappa shape index (κ3) is 2.15. The Labute approximate surface area is 87.5 Å². The average Bonchev–Trinajstić information content (AvgIpc) is 2.16. The Morgan fingerprint density at radius 1 is 1.27 bits per heavy atom. The van der Waals surface area contributed by atoms with Crippen LogP contribution in [0.3, 0.4) is 0 Å². The molecular formula is C11H12O4. The van der Waals surface area contributed by atoms with Crippen LogP contribution in [0.25, 0.3) is 0 Å². The number of ether oxygens (including phenoxy) is 1. The zero-order valence-electron chi connectivity index (χ0n) is 8.83. The molecule has 0 aliphatic heterocycles. The molecule has 1 aromatic carbocycles. The van der Waals surface area contributed by atoms with Crippen molar-refractivity contribution in [2.24, 2.45) is 0 Å². The van der Waals surface area contributed by atoms with Crippen LogP contribution in [0.4, 0.5) is 0 Å². The third-order valence-corrected chi connectivity index (χ3v) is 2.05. The molecule has 0 amide bonds. The van der Waals surface area contributed by atoms with E-state index in [2.05, 4.69) is 0 Å². The van der Waals surface area contributed by atoms with Crippen LogP contribution >= 0.6 is 0 Å². The summed E-state index contributed by atoms with van der Waals surface area (Å²) in [6.45, 7) is 3.11. The lowest BCUT2D eigenvalue weighted by atomic mass is 10.0. The monoisotopic (exact) mass is 208 g/mol. The zero-order valence-corrected chi connectivity index (χ0v) is 8.83. The molecule has 0 aliphatic carbocycles. The van der Waals surface area contributed by atoms with Crippen LogP contribution in [0.5, 0.6) is 5.75 Å². The zero-order chi connectivity index (χ0) is 11.6. The van der Waals surface area contributed by atoms with Crippen molar-refractivity contribution in [3.05, 3.63) is 28.8 Å². The molecule has 0 spiro atoms. The summed E-state index contributed by atoms with van der Waals surface area (Å²) < 4.78 is 4.95. The van der Waals surface area contributed by atoms with Crippen molar-refractivity contribution >= 4 is 11.8 Å². The fourth-order valence-corrected chi connectivity index (χ4v) is 1.41. The van der Waals surface area contributed by atoms with Crippen LogP contribution in [0.2, 0.25) is 0 Å². The highest BCUT2D eigenvalue weighted by Crippen LogP contribution is 2.26. The molecular weight excluding hydrogens is 196 g/mol. The number of rotatable bonds is 3. The number of carbonyl (C=O) groups is 2. The second-order valence-electron chi connectivity index (χ2n) is 3.25. The minimum Gasteiger partial charge on any atom is -0.495 e. The molecule has 0 unspecified atom stereocenters. The van der Waals surface area contributed by atoms with E-state index < -0.39 is 5.97 Å². The van der Waals surface area contributed by atoms with Gasteiger partial charge in [0.25, 0.3) is 0 Å². The minimum atomic E-state index is -1.10. The number of hydrogen-bond acceptors (Lipinski definition) is 3. The summed E-state index contributed by atoms with van der Waals surface area (Å²) in [5.41, 5.74) is 1.04. The number of benzene rings is 1. The Balaban J connectivity index is 3.52. The van der Waals surface area contributed by atoms with Gasteiger partial charge in [0.2, 0.25) is 0 Å². The Bertz CT molecular complexity index is 386. The summed E-state index contributed by atoms with van der Waals surface area (Å²) in [6.07, 6.45) is 0. The number of methoxy groups -OCH3 is 1. The Morgan fingerprint density at radius 2 is 1.80 bits per heavy atom. The van der Waals surface area contributed by atoms with E-state index in [0.29, 0.717) is 5.56 Å². The number of carboxylic acids is 1. The molecule has 0 aliphatic rings. The first-order valence-electron chi connectivity index (χ1n) is 4.40. The van der Waals surface area contributed by atoms with Gasteiger partial charge < -0.3 is 9.84 Å². The Kier molecular flexibility index (Phi) is 3.09. The van der Waals surface area contributed by atoms with Crippen molar-refractivity contribution in [2.45, 2.75) is 13.8 Å². The standard InChI is InChI=1S/C11H12O4/c1-6-4-8(7(2)12)10(15-3)9(5-6)11(13)14/h4-5H,1-3H3,(H,13,14). The Hall–Kier alpha value is -1.84. The van der Waals surface area contributed by atoms with Gasteiger partial charge in [-0.1, -0.05) is 0 Å². The average molecular weight is 208 g/mol. The van der Waals surface area contributed by atoms with Gasteiger partial charge in [-0.2, -0.15) is 0 Å². The first kappa shape index (κ1) is 11.2. The molecule has 15 heavy (non-hydrogen) atoms. The van der Waals surface area contributed by atoms with E-state index in [0.717, 1.165) is 5.56 Å². The van der Waals surface area contributed by atoms with Gasteiger partial charge >= 0.3 is 5.97 Å². The van der Waals surface area contributed by atoms with E-state index in [-0.39, 0.29) is 17.1 Å². The van der Waals surface area contributed by atoms with E-state index in [9.17, 15) is 9.59 Å². The SMILES string of the molecule is COc1c(C(C)=O)cc(C)cc1C(=O)O. The van der Waals surface area contributed by atoms with Crippen LogP contribution in [-0.2, 0) is 0 Å². The molecule has 0 saturated carbocycles. The predicted octanol–water partition coefficient (Wildman–Crippen LogP) is 1.90. The van der Waals surface area contributed by atoms with Crippen LogP contribution in [-0.4, -0.2) is 24.0 Å².